The van der Waals surface area contributed by atoms with E-state index in [1.54, 1.807) is 0 Å². The standard InChI is InChI=1S/C13H19NO/c1-9(2)5-6-13(15)12-7-10(3)14-11(4)8-12/h7-8,13,15H,1,5-6H2,2-4H3. The van der Waals surface area contributed by atoms with Crippen molar-refractivity contribution in [3.05, 3.63) is 41.2 Å². The molecule has 0 aromatic carbocycles. The van der Waals surface area contributed by atoms with E-state index in [9.17, 15) is 5.11 Å². The molecule has 0 saturated heterocycles. The monoisotopic (exact) mass is 205 g/mol. The van der Waals surface area contributed by atoms with Gasteiger partial charge in [0.05, 0.1) is 6.10 Å². The summed E-state index contributed by atoms with van der Waals surface area (Å²) >= 11 is 0. The molecule has 0 radical (unpaired) electrons. The fourth-order valence-electron chi connectivity index (χ4n) is 1.61. The summed E-state index contributed by atoms with van der Waals surface area (Å²) in [5.74, 6) is 0. The second kappa shape index (κ2) is 5.08. The first-order valence-electron chi connectivity index (χ1n) is 5.26. The first-order valence-corrected chi connectivity index (χ1v) is 5.26. The molecule has 1 heterocycles. The first-order chi connectivity index (χ1) is 6.99. The molecule has 15 heavy (non-hydrogen) atoms. The topological polar surface area (TPSA) is 33.1 Å². The quantitative estimate of drug-likeness (QED) is 0.766. The third-order valence-electron chi connectivity index (χ3n) is 2.33. The minimum absolute atomic E-state index is 0.401. The Kier molecular flexibility index (Phi) is 4.04. The van der Waals surface area contributed by atoms with E-state index in [2.05, 4.69) is 11.6 Å². The molecule has 0 spiro atoms. The summed E-state index contributed by atoms with van der Waals surface area (Å²) < 4.78 is 0. The fourth-order valence-corrected chi connectivity index (χ4v) is 1.61. The molecule has 0 bridgehead atoms. The zero-order chi connectivity index (χ0) is 11.4. The molecule has 0 saturated carbocycles. The van der Waals surface area contributed by atoms with Gasteiger partial charge in [0.25, 0.3) is 0 Å². The number of rotatable bonds is 4. The molecule has 0 fully saturated rings. The first kappa shape index (κ1) is 11.9. The Bertz CT molecular complexity index is 337. The molecule has 82 valence electrons. The summed E-state index contributed by atoms with van der Waals surface area (Å²) in [6, 6.07) is 3.88. The number of aromatic nitrogens is 1. The summed E-state index contributed by atoms with van der Waals surface area (Å²) in [5.41, 5.74) is 3.98. The van der Waals surface area contributed by atoms with Crippen LogP contribution in [0.1, 0.15) is 42.8 Å². The molecular formula is C13H19NO. The number of hydrogen-bond donors (Lipinski definition) is 1. The molecule has 1 atom stereocenters. The summed E-state index contributed by atoms with van der Waals surface area (Å²) in [5, 5.41) is 9.95. The van der Waals surface area contributed by atoms with Crippen LogP contribution in [0.5, 0.6) is 0 Å². The zero-order valence-corrected chi connectivity index (χ0v) is 9.75. The van der Waals surface area contributed by atoms with Crippen LogP contribution in [0.25, 0.3) is 0 Å². The second-order valence-corrected chi connectivity index (χ2v) is 4.19. The average molecular weight is 205 g/mol. The highest BCUT2D eigenvalue weighted by molar-refractivity contribution is 5.22. The predicted octanol–water partition coefficient (Wildman–Crippen LogP) is 3.09. The van der Waals surface area contributed by atoms with Gasteiger partial charge in [-0.05, 0) is 51.3 Å². The third-order valence-corrected chi connectivity index (χ3v) is 2.33. The van der Waals surface area contributed by atoms with Crippen molar-refractivity contribution in [2.75, 3.05) is 0 Å². The van der Waals surface area contributed by atoms with Crippen molar-refractivity contribution in [2.45, 2.75) is 39.7 Å². The van der Waals surface area contributed by atoms with Gasteiger partial charge in [-0.25, -0.2) is 0 Å². The smallest absolute Gasteiger partial charge is 0.0794 e. The fraction of sp³-hybridized carbons (Fsp3) is 0.462. The van der Waals surface area contributed by atoms with Gasteiger partial charge in [0.1, 0.15) is 0 Å². The van der Waals surface area contributed by atoms with Gasteiger partial charge >= 0.3 is 0 Å². The van der Waals surface area contributed by atoms with Crippen molar-refractivity contribution in [1.82, 2.24) is 4.98 Å². The van der Waals surface area contributed by atoms with Crippen molar-refractivity contribution < 1.29 is 5.11 Å². The van der Waals surface area contributed by atoms with Gasteiger partial charge < -0.3 is 5.11 Å². The number of hydrogen-bond acceptors (Lipinski definition) is 2. The number of nitrogens with zero attached hydrogens (tertiary/aromatic N) is 1. The van der Waals surface area contributed by atoms with Crippen LogP contribution in [0.3, 0.4) is 0 Å². The Hall–Kier alpha value is -1.15. The minimum Gasteiger partial charge on any atom is -0.388 e. The third kappa shape index (κ3) is 3.84. The average Bonchev–Trinajstić information content (AvgIpc) is 2.12. The maximum absolute atomic E-state index is 9.95. The summed E-state index contributed by atoms with van der Waals surface area (Å²) in [4.78, 5) is 4.28. The Morgan fingerprint density at radius 3 is 2.40 bits per heavy atom. The molecule has 0 aliphatic carbocycles. The van der Waals surface area contributed by atoms with Gasteiger partial charge in [-0.1, -0.05) is 5.57 Å². The van der Waals surface area contributed by atoms with Crippen LogP contribution in [0.15, 0.2) is 24.3 Å². The van der Waals surface area contributed by atoms with Crippen LogP contribution in [0.4, 0.5) is 0 Å². The van der Waals surface area contributed by atoms with E-state index in [1.165, 1.54) is 0 Å². The van der Waals surface area contributed by atoms with Gasteiger partial charge in [0.2, 0.25) is 0 Å². The van der Waals surface area contributed by atoms with Crippen LogP contribution in [-0.2, 0) is 0 Å². The van der Waals surface area contributed by atoms with E-state index in [0.717, 1.165) is 35.4 Å². The summed E-state index contributed by atoms with van der Waals surface area (Å²) in [7, 11) is 0. The number of aliphatic hydroxyl groups is 1. The van der Waals surface area contributed by atoms with Crippen molar-refractivity contribution in [3.8, 4) is 0 Å². The maximum atomic E-state index is 9.95. The van der Waals surface area contributed by atoms with Crippen LogP contribution < -0.4 is 0 Å². The zero-order valence-electron chi connectivity index (χ0n) is 9.75. The summed E-state index contributed by atoms with van der Waals surface area (Å²) in [6.45, 7) is 9.71. The Morgan fingerprint density at radius 2 is 1.93 bits per heavy atom. The van der Waals surface area contributed by atoms with E-state index in [-0.39, 0.29) is 0 Å². The largest absolute Gasteiger partial charge is 0.388 e. The molecule has 2 nitrogen and oxygen atoms in total. The molecule has 0 aliphatic rings. The number of aliphatic hydroxyl groups excluding tert-OH is 1. The molecule has 1 rings (SSSR count). The van der Waals surface area contributed by atoms with Gasteiger partial charge in [0, 0.05) is 11.4 Å². The number of aryl methyl sites for hydroxylation is 2. The molecule has 2 heteroatoms. The van der Waals surface area contributed by atoms with Crippen molar-refractivity contribution in [1.29, 1.82) is 0 Å². The molecule has 0 aliphatic heterocycles. The highest BCUT2D eigenvalue weighted by atomic mass is 16.3. The maximum Gasteiger partial charge on any atom is 0.0794 e. The lowest BCUT2D eigenvalue weighted by Crippen LogP contribution is -2.00. The van der Waals surface area contributed by atoms with Crippen molar-refractivity contribution >= 4 is 0 Å². The van der Waals surface area contributed by atoms with E-state index in [4.69, 9.17) is 0 Å². The lowest BCUT2D eigenvalue weighted by Gasteiger charge is -2.12. The van der Waals surface area contributed by atoms with Gasteiger partial charge in [-0.15, -0.1) is 6.58 Å². The molecule has 1 aromatic heterocycles. The van der Waals surface area contributed by atoms with Gasteiger partial charge in [-0.2, -0.15) is 0 Å². The van der Waals surface area contributed by atoms with Crippen LogP contribution in [-0.4, -0.2) is 10.1 Å². The Morgan fingerprint density at radius 1 is 1.40 bits per heavy atom. The molecular weight excluding hydrogens is 186 g/mol. The van der Waals surface area contributed by atoms with E-state index < -0.39 is 6.10 Å². The van der Waals surface area contributed by atoms with Crippen LogP contribution >= 0.6 is 0 Å². The van der Waals surface area contributed by atoms with E-state index in [0.29, 0.717) is 0 Å². The SMILES string of the molecule is C=C(C)CCC(O)c1cc(C)nc(C)c1. The Balaban J connectivity index is 2.72. The highest BCUT2D eigenvalue weighted by Crippen LogP contribution is 2.21. The van der Waals surface area contributed by atoms with Crippen molar-refractivity contribution in [3.63, 3.8) is 0 Å². The lowest BCUT2D eigenvalue weighted by molar-refractivity contribution is 0.167. The lowest BCUT2D eigenvalue weighted by atomic mass is 10.0. The van der Waals surface area contributed by atoms with Gasteiger partial charge in [0.15, 0.2) is 0 Å². The normalized spacial score (nSPS) is 12.5. The number of allylic oxidation sites excluding steroid dienone is 1. The Labute approximate surface area is 91.7 Å². The number of pyridine rings is 1. The van der Waals surface area contributed by atoms with Gasteiger partial charge in [-0.3, -0.25) is 4.98 Å². The van der Waals surface area contributed by atoms with E-state index >= 15 is 0 Å². The van der Waals surface area contributed by atoms with Crippen LogP contribution in [0, 0.1) is 13.8 Å². The van der Waals surface area contributed by atoms with Crippen LogP contribution in [0.2, 0.25) is 0 Å². The molecule has 1 aromatic rings. The molecule has 0 amide bonds. The minimum atomic E-state index is -0.401. The highest BCUT2D eigenvalue weighted by Gasteiger charge is 2.08. The summed E-state index contributed by atoms with van der Waals surface area (Å²) in [6.07, 6.45) is 1.20. The predicted molar refractivity (Wildman–Crippen MR) is 62.7 cm³/mol. The molecule has 1 unspecified atom stereocenters. The molecule has 1 N–H and O–H groups in total. The van der Waals surface area contributed by atoms with Crippen molar-refractivity contribution in [2.24, 2.45) is 0 Å². The second-order valence-electron chi connectivity index (χ2n) is 4.19. The van der Waals surface area contributed by atoms with E-state index in [1.807, 2.05) is 32.9 Å².